The molecule has 0 bridgehead atoms. The van der Waals surface area contributed by atoms with Gasteiger partial charge in [0.25, 0.3) is 0 Å². The number of benzene rings is 1. The zero-order valence-electron chi connectivity index (χ0n) is 9.38. The first-order chi connectivity index (χ1) is 6.60. The molecule has 14 heavy (non-hydrogen) atoms. The molecule has 0 spiro atoms. The molecule has 0 unspecified atom stereocenters. The fraction of sp³-hybridized carbons (Fsp3) is 0.538. The summed E-state index contributed by atoms with van der Waals surface area (Å²) < 4.78 is 0. The summed E-state index contributed by atoms with van der Waals surface area (Å²) in [5.74, 6) is 0. The minimum Gasteiger partial charge on any atom is -0.395 e. The third kappa shape index (κ3) is 2.58. The molecule has 0 amide bonds. The maximum atomic E-state index is 9.22. The molecule has 1 rings (SSSR count). The molecule has 0 saturated heterocycles. The van der Waals surface area contributed by atoms with Gasteiger partial charge in [-0.3, -0.25) is 0 Å². The van der Waals surface area contributed by atoms with Gasteiger partial charge in [0.2, 0.25) is 0 Å². The molecule has 1 nitrogen and oxygen atoms in total. The number of hydrogen-bond donors (Lipinski definition) is 1. The van der Waals surface area contributed by atoms with E-state index in [1.807, 2.05) is 0 Å². The van der Waals surface area contributed by atoms with Crippen LogP contribution < -0.4 is 0 Å². The second-order valence-corrected chi connectivity index (χ2v) is 4.49. The van der Waals surface area contributed by atoms with Crippen molar-refractivity contribution in [2.75, 3.05) is 6.61 Å². The zero-order chi connectivity index (χ0) is 10.6. The van der Waals surface area contributed by atoms with Crippen LogP contribution in [-0.4, -0.2) is 11.7 Å². The van der Waals surface area contributed by atoms with Crippen LogP contribution in [0.3, 0.4) is 0 Å². The highest BCUT2D eigenvalue weighted by molar-refractivity contribution is 5.28. The van der Waals surface area contributed by atoms with Gasteiger partial charge >= 0.3 is 0 Å². The van der Waals surface area contributed by atoms with E-state index in [9.17, 15) is 5.11 Å². The quantitative estimate of drug-likeness (QED) is 0.777. The fourth-order valence-electron chi connectivity index (χ4n) is 1.50. The van der Waals surface area contributed by atoms with Crippen molar-refractivity contribution in [2.45, 2.75) is 39.0 Å². The Bertz CT molecular complexity index is 272. The summed E-state index contributed by atoms with van der Waals surface area (Å²) in [7, 11) is 0. The van der Waals surface area contributed by atoms with Gasteiger partial charge in [-0.05, 0) is 17.5 Å². The van der Waals surface area contributed by atoms with Gasteiger partial charge in [0.1, 0.15) is 0 Å². The molecule has 1 aromatic carbocycles. The molecule has 78 valence electrons. The summed E-state index contributed by atoms with van der Waals surface area (Å²) in [6.45, 7) is 6.50. The average Bonchev–Trinajstić information content (AvgIpc) is 2.19. The van der Waals surface area contributed by atoms with Gasteiger partial charge in [-0.15, -0.1) is 0 Å². The lowest BCUT2D eigenvalue weighted by Crippen LogP contribution is -2.21. The van der Waals surface area contributed by atoms with Gasteiger partial charge < -0.3 is 5.11 Å². The number of aryl methyl sites for hydroxylation is 1. The summed E-state index contributed by atoms with van der Waals surface area (Å²) in [5, 5.41) is 9.22. The van der Waals surface area contributed by atoms with E-state index in [-0.39, 0.29) is 12.0 Å². The predicted molar refractivity (Wildman–Crippen MR) is 60.5 cm³/mol. The molecule has 0 aliphatic carbocycles. The minimum absolute atomic E-state index is 0.120. The van der Waals surface area contributed by atoms with E-state index < -0.39 is 0 Å². The van der Waals surface area contributed by atoms with Gasteiger partial charge in [0.15, 0.2) is 0 Å². The lowest BCUT2D eigenvalue weighted by Gasteiger charge is -2.22. The van der Waals surface area contributed by atoms with Gasteiger partial charge in [-0.1, -0.05) is 51.5 Å². The molecule has 0 radical (unpaired) electrons. The molecule has 0 fully saturated rings. The standard InChI is InChI=1S/C13H20O/c1-4-5-11-6-8-12(9-7-11)13(2,3)10-14/h6-9,14H,4-5,10H2,1-3H3. The Morgan fingerprint density at radius 2 is 1.71 bits per heavy atom. The predicted octanol–water partition coefficient (Wildman–Crippen LogP) is 2.91. The molecule has 0 aliphatic heterocycles. The Balaban J connectivity index is 2.82. The lowest BCUT2D eigenvalue weighted by molar-refractivity contribution is 0.218. The molecule has 1 aromatic rings. The van der Waals surface area contributed by atoms with Crippen molar-refractivity contribution in [3.05, 3.63) is 35.4 Å². The Labute approximate surface area is 86.8 Å². The lowest BCUT2D eigenvalue weighted by atomic mass is 9.85. The Kier molecular flexibility index (Phi) is 3.70. The second kappa shape index (κ2) is 4.61. The normalized spacial score (nSPS) is 11.7. The molecule has 0 aliphatic rings. The summed E-state index contributed by atoms with van der Waals surface area (Å²) in [5.41, 5.74) is 2.47. The largest absolute Gasteiger partial charge is 0.395 e. The highest BCUT2D eigenvalue weighted by Gasteiger charge is 2.18. The maximum Gasteiger partial charge on any atom is 0.0522 e. The Hall–Kier alpha value is -0.820. The van der Waals surface area contributed by atoms with E-state index in [0.717, 1.165) is 6.42 Å². The molecular formula is C13H20O. The van der Waals surface area contributed by atoms with Crippen LogP contribution in [0.25, 0.3) is 0 Å². The van der Waals surface area contributed by atoms with Crippen LogP contribution in [0, 0.1) is 0 Å². The summed E-state index contributed by atoms with van der Waals surface area (Å²) in [6.07, 6.45) is 2.32. The molecule has 1 heteroatoms. The molecule has 0 aromatic heterocycles. The van der Waals surface area contributed by atoms with Gasteiger partial charge in [0, 0.05) is 5.41 Å². The van der Waals surface area contributed by atoms with Crippen molar-refractivity contribution in [1.29, 1.82) is 0 Å². The smallest absolute Gasteiger partial charge is 0.0522 e. The van der Waals surface area contributed by atoms with E-state index in [1.54, 1.807) is 0 Å². The van der Waals surface area contributed by atoms with Crippen LogP contribution in [0.4, 0.5) is 0 Å². The van der Waals surface area contributed by atoms with Crippen LogP contribution in [0.5, 0.6) is 0 Å². The summed E-state index contributed by atoms with van der Waals surface area (Å²) >= 11 is 0. The van der Waals surface area contributed by atoms with Crippen molar-refractivity contribution in [1.82, 2.24) is 0 Å². The van der Waals surface area contributed by atoms with E-state index >= 15 is 0 Å². The van der Waals surface area contributed by atoms with Gasteiger partial charge in [-0.25, -0.2) is 0 Å². The number of aliphatic hydroxyl groups is 1. The third-order valence-corrected chi connectivity index (χ3v) is 2.67. The number of rotatable bonds is 4. The summed E-state index contributed by atoms with van der Waals surface area (Å²) in [4.78, 5) is 0. The van der Waals surface area contributed by atoms with E-state index in [0.29, 0.717) is 0 Å². The fourth-order valence-corrected chi connectivity index (χ4v) is 1.50. The second-order valence-electron chi connectivity index (χ2n) is 4.49. The minimum atomic E-state index is -0.120. The summed E-state index contributed by atoms with van der Waals surface area (Å²) in [6, 6.07) is 8.58. The molecular weight excluding hydrogens is 172 g/mol. The van der Waals surface area contributed by atoms with Crippen molar-refractivity contribution < 1.29 is 5.11 Å². The van der Waals surface area contributed by atoms with Crippen molar-refractivity contribution in [3.8, 4) is 0 Å². The zero-order valence-corrected chi connectivity index (χ0v) is 9.38. The topological polar surface area (TPSA) is 20.2 Å². The van der Waals surface area contributed by atoms with Crippen LogP contribution in [0.1, 0.15) is 38.3 Å². The van der Waals surface area contributed by atoms with E-state index in [2.05, 4.69) is 45.0 Å². The van der Waals surface area contributed by atoms with E-state index in [1.165, 1.54) is 17.5 Å². The Morgan fingerprint density at radius 1 is 1.14 bits per heavy atom. The first-order valence-corrected chi connectivity index (χ1v) is 5.30. The average molecular weight is 192 g/mol. The Morgan fingerprint density at radius 3 is 2.14 bits per heavy atom. The van der Waals surface area contributed by atoms with Crippen LogP contribution in [0.15, 0.2) is 24.3 Å². The number of aliphatic hydroxyl groups excluding tert-OH is 1. The van der Waals surface area contributed by atoms with E-state index in [4.69, 9.17) is 0 Å². The molecule has 1 N–H and O–H groups in total. The highest BCUT2D eigenvalue weighted by Crippen LogP contribution is 2.22. The monoisotopic (exact) mass is 192 g/mol. The van der Waals surface area contributed by atoms with Gasteiger partial charge in [-0.2, -0.15) is 0 Å². The highest BCUT2D eigenvalue weighted by atomic mass is 16.3. The third-order valence-electron chi connectivity index (χ3n) is 2.67. The molecule has 0 saturated carbocycles. The van der Waals surface area contributed by atoms with Crippen molar-refractivity contribution in [3.63, 3.8) is 0 Å². The van der Waals surface area contributed by atoms with Crippen LogP contribution >= 0.6 is 0 Å². The first kappa shape index (κ1) is 11.3. The van der Waals surface area contributed by atoms with Crippen molar-refractivity contribution >= 4 is 0 Å². The number of hydrogen-bond acceptors (Lipinski definition) is 1. The SMILES string of the molecule is CCCc1ccc(C(C)(C)CO)cc1. The molecule has 0 heterocycles. The molecule has 0 atom stereocenters. The first-order valence-electron chi connectivity index (χ1n) is 5.30. The van der Waals surface area contributed by atoms with Crippen LogP contribution in [-0.2, 0) is 11.8 Å². The van der Waals surface area contributed by atoms with Crippen molar-refractivity contribution in [2.24, 2.45) is 0 Å². The maximum absolute atomic E-state index is 9.22. The van der Waals surface area contributed by atoms with Gasteiger partial charge in [0.05, 0.1) is 6.61 Å². The van der Waals surface area contributed by atoms with Crippen LogP contribution in [0.2, 0.25) is 0 Å².